The van der Waals surface area contributed by atoms with E-state index in [2.05, 4.69) is 22.1 Å². The summed E-state index contributed by atoms with van der Waals surface area (Å²) < 4.78 is 5.66. The molecule has 0 spiro atoms. The van der Waals surface area contributed by atoms with Crippen molar-refractivity contribution in [3.63, 3.8) is 0 Å². The predicted octanol–water partition coefficient (Wildman–Crippen LogP) is 3.70. The minimum Gasteiger partial charge on any atom is -0.493 e. The molecule has 2 aromatic carbocycles. The Bertz CT molecular complexity index is 647. The van der Waals surface area contributed by atoms with Crippen LogP contribution in [0.4, 0.5) is 0 Å². The fraction of sp³-hybridized carbons (Fsp3) is 0.118. The lowest BCUT2D eigenvalue weighted by Crippen LogP contribution is -2.02. The summed E-state index contributed by atoms with van der Waals surface area (Å²) in [5, 5.41) is 0. The highest BCUT2D eigenvalue weighted by atomic mass is 16.5. The fourth-order valence-corrected chi connectivity index (χ4v) is 2.04. The Hall–Kier alpha value is -2.55. The first-order valence-corrected chi connectivity index (χ1v) is 6.69. The third-order valence-electron chi connectivity index (χ3n) is 3.06. The fourth-order valence-electron chi connectivity index (χ4n) is 2.04. The maximum Gasteiger partial charge on any atom is 0.119 e. The SMILES string of the molecule is c1ccc(OCCc2ncc(-c3ccccc3)[nH]2)cc1. The summed E-state index contributed by atoms with van der Waals surface area (Å²) in [4.78, 5) is 7.71. The second-order valence-electron chi connectivity index (χ2n) is 4.52. The maximum atomic E-state index is 5.66. The number of aromatic amines is 1. The van der Waals surface area contributed by atoms with Crippen molar-refractivity contribution < 1.29 is 4.74 Å². The van der Waals surface area contributed by atoms with E-state index in [1.165, 1.54) is 0 Å². The number of hydrogen-bond donors (Lipinski definition) is 1. The van der Waals surface area contributed by atoms with Crippen LogP contribution in [0.1, 0.15) is 5.82 Å². The van der Waals surface area contributed by atoms with Gasteiger partial charge in [0.25, 0.3) is 0 Å². The summed E-state index contributed by atoms with van der Waals surface area (Å²) in [6.07, 6.45) is 2.63. The van der Waals surface area contributed by atoms with Crippen LogP contribution in [-0.4, -0.2) is 16.6 Å². The first-order valence-electron chi connectivity index (χ1n) is 6.69. The average molecular weight is 264 g/mol. The van der Waals surface area contributed by atoms with E-state index < -0.39 is 0 Å². The summed E-state index contributed by atoms with van der Waals surface area (Å²) in [7, 11) is 0. The molecule has 1 heterocycles. The number of imidazole rings is 1. The lowest BCUT2D eigenvalue weighted by atomic mass is 10.2. The standard InChI is InChI=1S/C17H16N2O/c1-3-7-14(8-4-1)16-13-18-17(19-16)11-12-20-15-9-5-2-6-10-15/h1-10,13H,11-12H2,(H,18,19). The molecule has 0 unspecified atom stereocenters. The van der Waals surface area contributed by atoms with Gasteiger partial charge in [0.1, 0.15) is 11.6 Å². The van der Waals surface area contributed by atoms with E-state index in [-0.39, 0.29) is 0 Å². The van der Waals surface area contributed by atoms with Crippen molar-refractivity contribution in [1.82, 2.24) is 9.97 Å². The van der Waals surface area contributed by atoms with Gasteiger partial charge in [0, 0.05) is 6.42 Å². The van der Waals surface area contributed by atoms with Gasteiger partial charge in [-0.3, -0.25) is 0 Å². The quantitative estimate of drug-likeness (QED) is 0.763. The molecular weight excluding hydrogens is 248 g/mol. The highest BCUT2D eigenvalue weighted by Gasteiger charge is 2.03. The molecule has 3 nitrogen and oxygen atoms in total. The van der Waals surface area contributed by atoms with Gasteiger partial charge in [-0.15, -0.1) is 0 Å². The molecule has 3 heteroatoms. The van der Waals surface area contributed by atoms with Crippen molar-refractivity contribution >= 4 is 0 Å². The van der Waals surface area contributed by atoms with Crippen LogP contribution in [0.2, 0.25) is 0 Å². The number of H-pyrrole nitrogens is 1. The average Bonchev–Trinajstić information content (AvgIpc) is 2.98. The summed E-state index contributed by atoms with van der Waals surface area (Å²) in [6, 6.07) is 20.0. The molecule has 0 bridgehead atoms. The van der Waals surface area contributed by atoms with Crippen LogP contribution in [-0.2, 0) is 6.42 Å². The number of para-hydroxylation sites is 1. The molecule has 0 atom stereocenters. The number of ether oxygens (including phenoxy) is 1. The molecule has 0 amide bonds. The zero-order valence-corrected chi connectivity index (χ0v) is 11.1. The molecule has 0 radical (unpaired) electrons. The van der Waals surface area contributed by atoms with Crippen molar-refractivity contribution in [3.8, 4) is 17.0 Å². The lowest BCUT2D eigenvalue weighted by molar-refractivity contribution is 0.319. The van der Waals surface area contributed by atoms with Gasteiger partial charge >= 0.3 is 0 Å². The van der Waals surface area contributed by atoms with Crippen molar-refractivity contribution in [1.29, 1.82) is 0 Å². The molecule has 0 aliphatic heterocycles. The van der Waals surface area contributed by atoms with Gasteiger partial charge in [-0.2, -0.15) is 0 Å². The molecule has 3 rings (SSSR count). The molecule has 1 aromatic heterocycles. The highest BCUT2D eigenvalue weighted by Crippen LogP contribution is 2.16. The minimum absolute atomic E-state index is 0.617. The highest BCUT2D eigenvalue weighted by molar-refractivity contribution is 5.57. The van der Waals surface area contributed by atoms with Crippen LogP contribution in [0.5, 0.6) is 5.75 Å². The Morgan fingerprint density at radius 3 is 2.35 bits per heavy atom. The molecule has 20 heavy (non-hydrogen) atoms. The zero-order chi connectivity index (χ0) is 13.6. The molecule has 0 saturated heterocycles. The molecule has 0 fully saturated rings. The Balaban J connectivity index is 1.58. The summed E-state index contributed by atoms with van der Waals surface area (Å²) in [5.74, 6) is 1.84. The largest absolute Gasteiger partial charge is 0.493 e. The van der Waals surface area contributed by atoms with E-state index in [4.69, 9.17) is 4.74 Å². The number of nitrogens with zero attached hydrogens (tertiary/aromatic N) is 1. The number of aromatic nitrogens is 2. The Morgan fingerprint density at radius 2 is 1.60 bits per heavy atom. The Labute approximate surface area is 118 Å². The van der Waals surface area contributed by atoms with Crippen LogP contribution >= 0.6 is 0 Å². The van der Waals surface area contributed by atoms with E-state index in [9.17, 15) is 0 Å². The van der Waals surface area contributed by atoms with E-state index in [0.717, 1.165) is 29.3 Å². The van der Waals surface area contributed by atoms with E-state index in [1.54, 1.807) is 0 Å². The molecule has 100 valence electrons. The molecule has 3 aromatic rings. The second-order valence-corrected chi connectivity index (χ2v) is 4.52. The second kappa shape index (κ2) is 6.06. The minimum atomic E-state index is 0.617. The van der Waals surface area contributed by atoms with Crippen LogP contribution in [0.3, 0.4) is 0 Å². The summed E-state index contributed by atoms with van der Waals surface area (Å²) in [6.45, 7) is 0.617. The van der Waals surface area contributed by atoms with Crippen LogP contribution in [0.15, 0.2) is 66.9 Å². The van der Waals surface area contributed by atoms with Gasteiger partial charge in [0.2, 0.25) is 0 Å². The smallest absolute Gasteiger partial charge is 0.119 e. The summed E-state index contributed by atoms with van der Waals surface area (Å²) in [5.41, 5.74) is 2.19. The molecule has 0 saturated carbocycles. The Morgan fingerprint density at radius 1 is 0.900 bits per heavy atom. The van der Waals surface area contributed by atoms with Gasteiger partial charge in [-0.05, 0) is 17.7 Å². The van der Waals surface area contributed by atoms with Crippen molar-refractivity contribution in [2.45, 2.75) is 6.42 Å². The molecule has 1 N–H and O–H groups in total. The first-order chi connectivity index (χ1) is 9.92. The normalized spacial score (nSPS) is 10.4. The van der Waals surface area contributed by atoms with Gasteiger partial charge in [-0.25, -0.2) is 4.98 Å². The van der Waals surface area contributed by atoms with Gasteiger partial charge < -0.3 is 9.72 Å². The third kappa shape index (κ3) is 3.06. The topological polar surface area (TPSA) is 37.9 Å². The molecule has 0 aliphatic carbocycles. The molecular formula is C17H16N2O. The van der Waals surface area contributed by atoms with Crippen molar-refractivity contribution in [3.05, 3.63) is 72.7 Å². The maximum absolute atomic E-state index is 5.66. The summed E-state index contributed by atoms with van der Waals surface area (Å²) >= 11 is 0. The number of hydrogen-bond acceptors (Lipinski definition) is 2. The van der Waals surface area contributed by atoms with Gasteiger partial charge in [-0.1, -0.05) is 48.5 Å². The van der Waals surface area contributed by atoms with E-state index in [1.807, 2.05) is 54.7 Å². The predicted molar refractivity (Wildman–Crippen MR) is 79.7 cm³/mol. The Kier molecular flexibility index (Phi) is 3.78. The monoisotopic (exact) mass is 264 g/mol. The van der Waals surface area contributed by atoms with E-state index in [0.29, 0.717) is 6.61 Å². The number of benzene rings is 2. The lowest BCUT2D eigenvalue weighted by Gasteiger charge is -2.04. The first kappa shape index (κ1) is 12.5. The van der Waals surface area contributed by atoms with Crippen molar-refractivity contribution in [2.24, 2.45) is 0 Å². The van der Waals surface area contributed by atoms with Crippen molar-refractivity contribution in [2.75, 3.05) is 6.61 Å². The number of nitrogens with one attached hydrogen (secondary N) is 1. The van der Waals surface area contributed by atoms with Gasteiger partial charge in [0.05, 0.1) is 18.5 Å². The third-order valence-corrected chi connectivity index (χ3v) is 3.06. The van der Waals surface area contributed by atoms with Gasteiger partial charge in [0.15, 0.2) is 0 Å². The van der Waals surface area contributed by atoms with E-state index >= 15 is 0 Å². The zero-order valence-electron chi connectivity index (χ0n) is 11.1. The van der Waals surface area contributed by atoms with Crippen LogP contribution in [0.25, 0.3) is 11.3 Å². The number of rotatable bonds is 5. The van der Waals surface area contributed by atoms with Crippen LogP contribution in [0, 0.1) is 0 Å². The van der Waals surface area contributed by atoms with Crippen LogP contribution < -0.4 is 4.74 Å². The molecule has 0 aliphatic rings.